The number of amides is 2. The summed E-state index contributed by atoms with van der Waals surface area (Å²) in [5.41, 5.74) is 2.71. The number of carbonyl (C=O) groups is 2. The van der Waals surface area contributed by atoms with Crippen LogP contribution in [0, 0.1) is 0 Å². The predicted octanol–water partition coefficient (Wildman–Crippen LogP) is 4.86. The third-order valence-corrected chi connectivity index (χ3v) is 7.33. The van der Waals surface area contributed by atoms with E-state index in [0.717, 1.165) is 5.56 Å². The highest BCUT2D eigenvalue weighted by molar-refractivity contribution is 7.99. The van der Waals surface area contributed by atoms with Crippen molar-refractivity contribution >= 4 is 45.9 Å². The van der Waals surface area contributed by atoms with Gasteiger partial charge in [0.1, 0.15) is 0 Å². The maximum Gasteiger partial charge on any atom is 0.262 e. The molecule has 0 saturated heterocycles. The Bertz CT molecular complexity index is 1500. The number of carbonyl (C=O) groups excluding carboxylic acids is 2. The van der Waals surface area contributed by atoms with E-state index in [1.165, 1.54) is 11.8 Å². The summed E-state index contributed by atoms with van der Waals surface area (Å²) >= 11 is 1.24. The molecule has 5 rings (SSSR count). The van der Waals surface area contributed by atoms with E-state index >= 15 is 0 Å². The average molecular weight is 499 g/mol. The molecule has 3 aromatic carbocycles. The molecule has 0 fully saturated rings. The van der Waals surface area contributed by atoms with Crippen LogP contribution in [-0.2, 0) is 9.59 Å². The lowest BCUT2D eigenvalue weighted by atomic mass is 10.1. The fourth-order valence-electron chi connectivity index (χ4n) is 4.61. The predicted molar refractivity (Wildman–Crippen MR) is 144 cm³/mol. The van der Waals surface area contributed by atoms with Crippen molar-refractivity contribution in [1.82, 2.24) is 9.55 Å². The molecule has 0 saturated carbocycles. The Morgan fingerprint density at radius 2 is 1.72 bits per heavy atom. The molecule has 7 nitrogen and oxygen atoms in total. The first-order chi connectivity index (χ1) is 17.4. The molecule has 1 aliphatic rings. The summed E-state index contributed by atoms with van der Waals surface area (Å²) in [6.07, 6.45) is 0.203. The second kappa shape index (κ2) is 9.99. The number of aromatic nitrogens is 2. The molecule has 36 heavy (non-hydrogen) atoms. The molecule has 182 valence electrons. The van der Waals surface area contributed by atoms with Crippen LogP contribution >= 0.6 is 11.8 Å². The first-order valence-corrected chi connectivity index (χ1v) is 12.8. The number of rotatable bonds is 5. The fourth-order valence-corrected chi connectivity index (χ4v) is 5.55. The molecule has 8 heteroatoms. The number of nitrogens with one attached hydrogen (secondary N) is 1. The summed E-state index contributed by atoms with van der Waals surface area (Å²) in [6, 6.07) is 23.8. The van der Waals surface area contributed by atoms with Gasteiger partial charge in [0.15, 0.2) is 5.16 Å². The van der Waals surface area contributed by atoms with Crippen molar-refractivity contribution in [2.24, 2.45) is 0 Å². The van der Waals surface area contributed by atoms with Gasteiger partial charge < -0.3 is 10.2 Å². The van der Waals surface area contributed by atoms with Crippen molar-refractivity contribution in [3.05, 3.63) is 94.8 Å². The minimum Gasteiger partial charge on any atom is -0.324 e. The lowest BCUT2D eigenvalue weighted by Gasteiger charge is -2.28. The highest BCUT2D eigenvalue weighted by Crippen LogP contribution is 2.32. The lowest BCUT2D eigenvalue weighted by Crippen LogP contribution is -2.40. The minimum atomic E-state index is -0.309. The van der Waals surface area contributed by atoms with Crippen molar-refractivity contribution in [3.8, 4) is 0 Å². The quantitative estimate of drug-likeness (QED) is 0.314. The molecule has 0 aliphatic carbocycles. The third-order valence-electron chi connectivity index (χ3n) is 6.40. The van der Waals surface area contributed by atoms with E-state index in [4.69, 9.17) is 4.98 Å². The number of anilines is 2. The van der Waals surface area contributed by atoms with Crippen LogP contribution in [0.25, 0.3) is 10.9 Å². The zero-order valence-corrected chi connectivity index (χ0v) is 20.9. The van der Waals surface area contributed by atoms with Gasteiger partial charge in [-0.05, 0) is 43.7 Å². The molecule has 1 aromatic heterocycles. The first-order valence-electron chi connectivity index (χ1n) is 11.8. The van der Waals surface area contributed by atoms with Gasteiger partial charge in [0.25, 0.3) is 5.56 Å². The second-order valence-corrected chi connectivity index (χ2v) is 9.79. The van der Waals surface area contributed by atoms with E-state index in [2.05, 4.69) is 5.32 Å². The maximum absolute atomic E-state index is 13.6. The Morgan fingerprint density at radius 3 is 2.53 bits per heavy atom. The molecule has 0 bridgehead atoms. The van der Waals surface area contributed by atoms with Gasteiger partial charge >= 0.3 is 0 Å². The summed E-state index contributed by atoms with van der Waals surface area (Å²) in [4.78, 5) is 45.9. The maximum atomic E-state index is 13.6. The SMILES string of the molecule is CC1CC(=O)Nc2ccccc2N1C(=O)CSc1nc2ccccc2c(=O)n1C(C)c1ccccc1. The van der Waals surface area contributed by atoms with Crippen LogP contribution in [0.15, 0.2) is 88.8 Å². The van der Waals surface area contributed by atoms with Crippen molar-refractivity contribution in [3.63, 3.8) is 0 Å². The van der Waals surface area contributed by atoms with Crippen LogP contribution in [0.4, 0.5) is 11.4 Å². The van der Waals surface area contributed by atoms with Crippen LogP contribution in [-0.4, -0.2) is 33.2 Å². The zero-order valence-electron chi connectivity index (χ0n) is 20.0. The van der Waals surface area contributed by atoms with Gasteiger partial charge in [-0.15, -0.1) is 0 Å². The Morgan fingerprint density at radius 1 is 1.03 bits per heavy atom. The number of para-hydroxylation sites is 3. The Balaban J connectivity index is 1.51. The Kier molecular flexibility index (Phi) is 6.61. The Labute approximate surface area is 213 Å². The molecule has 0 radical (unpaired) electrons. The van der Waals surface area contributed by atoms with Gasteiger partial charge in [-0.2, -0.15) is 0 Å². The summed E-state index contributed by atoms with van der Waals surface area (Å²) in [6.45, 7) is 3.83. The largest absolute Gasteiger partial charge is 0.324 e. The number of thioether (sulfide) groups is 1. The summed E-state index contributed by atoms with van der Waals surface area (Å²) < 4.78 is 1.67. The molecule has 4 aromatic rings. The third kappa shape index (κ3) is 4.52. The van der Waals surface area contributed by atoms with E-state index < -0.39 is 0 Å². The van der Waals surface area contributed by atoms with Crippen molar-refractivity contribution in [2.75, 3.05) is 16.0 Å². The van der Waals surface area contributed by atoms with E-state index in [9.17, 15) is 14.4 Å². The van der Waals surface area contributed by atoms with Gasteiger partial charge in [0.2, 0.25) is 11.8 Å². The van der Waals surface area contributed by atoms with Crippen LogP contribution in [0.5, 0.6) is 0 Å². The monoisotopic (exact) mass is 498 g/mol. The number of fused-ring (bicyclic) bond motifs is 2. The molecular weight excluding hydrogens is 472 g/mol. The van der Waals surface area contributed by atoms with E-state index in [1.54, 1.807) is 21.6 Å². The van der Waals surface area contributed by atoms with E-state index in [1.807, 2.05) is 80.6 Å². The fraction of sp³-hybridized carbons (Fsp3) is 0.214. The molecule has 1 N–H and O–H groups in total. The van der Waals surface area contributed by atoms with Crippen LogP contribution in [0.3, 0.4) is 0 Å². The number of hydrogen-bond donors (Lipinski definition) is 1. The normalized spacial score (nSPS) is 16.2. The summed E-state index contributed by atoms with van der Waals surface area (Å²) in [7, 11) is 0. The van der Waals surface area contributed by atoms with Crippen molar-refractivity contribution in [2.45, 2.75) is 37.5 Å². The van der Waals surface area contributed by atoms with Gasteiger partial charge in [-0.25, -0.2) is 4.98 Å². The smallest absolute Gasteiger partial charge is 0.262 e. The minimum absolute atomic E-state index is 0.0686. The second-order valence-electron chi connectivity index (χ2n) is 8.84. The van der Waals surface area contributed by atoms with Gasteiger partial charge in [-0.1, -0.05) is 66.4 Å². The average Bonchev–Trinajstić information content (AvgIpc) is 3.01. The van der Waals surface area contributed by atoms with Crippen molar-refractivity contribution < 1.29 is 9.59 Å². The van der Waals surface area contributed by atoms with Crippen molar-refractivity contribution in [1.29, 1.82) is 0 Å². The van der Waals surface area contributed by atoms with E-state index in [-0.39, 0.29) is 41.6 Å². The molecule has 2 atom stereocenters. The van der Waals surface area contributed by atoms with Gasteiger partial charge in [0, 0.05) is 12.5 Å². The number of hydrogen-bond acceptors (Lipinski definition) is 5. The molecule has 0 spiro atoms. The van der Waals surface area contributed by atoms with Crippen LogP contribution < -0.4 is 15.8 Å². The Hall–Kier alpha value is -3.91. The lowest BCUT2D eigenvalue weighted by molar-refractivity contribution is -0.117. The molecular formula is C28H26N4O3S. The van der Waals surface area contributed by atoms with Gasteiger partial charge in [-0.3, -0.25) is 19.0 Å². The van der Waals surface area contributed by atoms with Gasteiger partial charge in [0.05, 0.1) is 34.1 Å². The van der Waals surface area contributed by atoms with E-state index in [0.29, 0.717) is 27.4 Å². The number of benzene rings is 3. The highest BCUT2D eigenvalue weighted by Gasteiger charge is 2.30. The topological polar surface area (TPSA) is 84.3 Å². The van der Waals surface area contributed by atoms with Crippen LogP contribution in [0.1, 0.15) is 31.9 Å². The molecule has 2 amide bonds. The molecule has 2 unspecified atom stereocenters. The molecule has 2 heterocycles. The van der Waals surface area contributed by atoms with Crippen LogP contribution in [0.2, 0.25) is 0 Å². The standard InChI is InChI=1S/C28H26N4O3S/c1-18-16-25(33)29-23-14-8-9-15-24(23)31(18)26(34)17-36-28-30-22-13-7-6-12-21(22)27(35)32(28)19(2)20-10-4-3-5-11-20/h3-15,18-19H,16-17H2,1-2H3,(H,29,33). The number of nitrogens with zero attached hydrogens (tertiary/aromatic N) is 3. The summed E-state index contributed by atoms with van der Waals surface area (Å²) in [5, 5.41) is 3.90. The summed E-state index contributed by atoms with van der Waals surface area (Å²) in [5.74, 6) is -0.212. The first kappa shape index (κ1) is 23.8. The molecule has 1 aliphatic heterocycles. The zero-order chi connectivity index (χ0) is 25.2. The highest BCUT2D eigenvalue weighted by atomic mass is 32.2.